The summed E-state index contributed by atoms with van der Waals surface area (Å²) < 4.78 is 17.2. The maximum absolute atomic E-state index is 12.3. The lowest BCUT2D eigenvalue weighted by Crippen LogP contribution is -2.40. The lowest BCUT2D eigenvalue weighted by Gasteiger charge is -2.30. The van der Waals surface area contributed by atoms with Gasteiger partial charge in [0.2, 0.25) is 12.0 Å². The van der Waals surface area contributed by atoms with E-state index in [1.807, 2.05) is 29.2 Å². The van der Waals surface area contributed by atoms with E-state index in [1.165, 1.54) is 18.2 Å². The molecule has 1 fully saturated rings. The number of thioether (sulfide) groups is 1. The molecule has 4 rings (SSSR count). The Morgan fingerprint density at radius 1 is 1.31 bits per heavy atom. The highest BCUT2D eigenvalue weighted by Gasteiger charge is 2.28. The van der Waals surface area contributed by atoms with E-state index in [4.69, 9.17) is 13.9 Å². The molecule has 0 N–H and O–H groups in total. The van der Waals surface area contributed by atoms with Gasteiger partial charge in [0, 0.05) is 13.1 Å². The Labute approximate surface area is 156 Å². The third-order valence-electron chi connectivity index (χ3n) is 4.53. The number of para-hydroxylation sites is 2. The summed E-state index contributed by atoms with van der Waals surface area (Å²) in [6.45, 7) is 4.17. The first-order valence-corrected chi connectivity index (χ1v) is 9.80. The highest BCUT2D eigenvalue weighted by molar-refractivity contribution is 7.99. The fourth-order valence-corrected chi connectivity index (χ4v) is 3.85. The van der Waals surface area contributed by atoms with Gasteiger partial charge in [-0.05, 0) is 30.9 Å². The van der Waals surface area contributed by atoms with Crippen molar-refractivity contribution in [2.45, 2.75) is 31.1 Å². The molecule has 8 heteroatoms. The smallest absolute Gasteiger partial charge is 0.277 e. The average Bonchev–Trinajstić information content (AvgIpc) is 3.15. The summed E-state index contributed by atoms with van der Waals surface area (Å²) in [6, 6.07) is 7.47. The van der Waals surface area contributed by atoms with Crippen LogP contribution in [0, 0.1) is 5.92 Å². The quantitative estimate of drug-likeness (QED) is 0.760. The Hall–Kier alpha value is -2.22. The number of aromatic nitrogens is 2. The van der Waals surface area contributed by atoms with Gasteiger partial charge >= 0.3 is 0 Å². The normalized spacial score (nSPS) is 22.3. The number of carbonyl (C=O) groups is 1. The molecule has 2 aliphatic heterocycles. The molecule has 0 spiro atoms. The van der Waals surface area contributed by atoms with Crippen LogP contribution < -0.4 is 9.47 Å². The van der Waals surface area contributed by atoms with Crippen molar-refractivity contribution in [2.75, 3.05) is 25.4 Å². The summed E-state index contributed by atoms with van der Waals surface area (Å²) in [5.74, 6) is 2.72. The number of benzene rings is 1. The topological polar surface area (TPSA) is 77.7 Å². The Bertz CT molecular complexity index is 781. The van der Waals surface area contributed by atoms with Gasteiger partial charge in [-0.3, -0.25) is 4.79 Å². The predicted octanol–water partition coefficient (Wildman–Crippen LogP) is 2.93. The van der Waals surface area contributed by atoms with Crippen LogP contribution in [0.2, 0.25) is 0 Å². The Morgan fingerprint density at radius 3 is 3.00 bits per heavy atom. The molecule has 138 valence electrons. The summed E-state index contributed by atoms with van der Waals surface area (Å²) in [5, 5.41) is 8.44. The summed E-state index contributed by atoms with van der Waals surface area (Å²) in [7, 11) is 0. The van der Waals surface area contributed by atoms with E-state index >= 15 is 0 Å². The van der Waals surface area contributed by atoms with E-state index in [-0.39, 0.29) is 5.91 Å². The number of nitrogens with zero attached hydrogens (tertiary/aromatic N) is 3. The van der Waals surface area contributed by atoms with E-state index in [0.717, 1.165) is 19.5 Å². The molecule has 2 aromatic rings. The minimum atomic E-state index is -0.439. The summed E-state index contributed by atoms with van der Waals surface area (Å²) in [5.41, 5.74) is 0. The van der Waals surface area contributed by atoms with E-state index in [9.17, 15) is 4.79 Å². The summed E-state index contributed by atoms with van der Waals surface area (Å²) in [4.78, 5) is 14.3. The fraction of sp³-hybridized carbons (Fsp3) is 0.500. The molecule has 3 heterocycles. The van der Waals surface area contributed by atoms with Crippen LogP contribution in [0.1, 0.15) is 31.8 Å². The Kier molecular flexibility index (Phi) is 5.01. The molecule has 1 aromatic carbocycles. The highest BCUT2D eigenvalue weighted by atomic mass is 32.2. The number of hydrogen-bond donors (Lipinski definition) is 0. The lowest BCUT2D eigenvalue weighted by atomic mass is 10.0. The molecule has 0 saturated carbocycles. The van der Waals surface area contributed by atoms with Crippen molar-refractivity contribution in [2.24, 2.45) is 5.92 Å². The van der Waals surface area contributed by atoms with Gasteiger partial charge in [-0.15, -0.1) is 10.2 Å². The van der Waals surface area contributed by atoms with Gasteiger partial charge in [0.1, 0.15) is 6.61 Å². The number of fused-ring (bicyclic) bond motifs is 1. The molecule has 7 nitrogen and oxygen atoms in total. The van der Waals surface area contributed by atoms with Crippen LogP contribution in [0.5, 0.6) is 11.5 Å². The maximum atomic E-state index is 12.3. The van der Waals surface area contributed by atoms with E-state index in [2.05, 4.69) is 17.1 Å². The van der Waals surface area contributed by atoms with Gasteiger partial charge in [0.15, 0.2) is 11.5 Å². The molecule has 2 atom stereocenters. The van der Waals surface area contributed by atoms with Crippen LogP contribution in [-0.2, 0) is 4.79 Å². The molecule has 0 aliphatic carbocycles. The van der Waals surface area contributed by atoms with Crippen molar-refractivity contribution < 1.29 is 18.7 Å². The Balaban J connectivity index is 1.33. The molecule has 2 unspecified atom stereocenters. The zero-order valence-corrected chi connectivity index (χ0v) is 15.4. The van der Waals surface area contributed by atoms with Gasteiger partial charge in [-0.2, -0.15) is 0 Å². The first-order chi connectivity index (χ1) is 12.7. The van der Waals surface area contributed by atoms with Crippen LogP contribution in [0.4, 0.5) is 0 Å². The van der Waals surface area contributed by atoms with Crippen molar-refractivity contribution in [3.8, 4) is 11.5 Å². The first kappa shape index (κ1) is 17.2. The molecule has 0 radical (unpaired) electrons. The number of rotatable bonds is 4. The van der Waals surface area contributed by atoms with Gasteiger partial charge < -0.3 is 18.8 Å². The number of amides is 1. The number of piperidine rings is 1. The van der Waals surface area contributed by atoms with Crippen molar-refractivity contribution in [1.29, 1.82) is 0 Å². The monoisotopic (exact) mass is 375 g/mol. The molecule has 1 amide bonds. The number of hydrogen-bond acceptors (Lipinski definition) is 7. The second kappa shape index (κ2) is 7.57. The van der Waals surface area contributed by atoms with Crippen LogP contribution in [0.3, 0.4) is 0 Å². The molecular weight excluding hydrogens is 354 g/mol. The standard InChI is InChI=1S/C18H21N3O4S/c1-12-5-4-8-21(9-12)16(22)11-26-18-20-19-17(25-18)15-10-23-13-6-2-3-7-14(13)24-15/h2-3,6-7,12,15H,4-5,8-11H2,1H3. The van der Waals surface area contributed by atoms with Crippen LogP contribution >= 0.6 is 11.8 Å². The van der Waals surface area contributed by atoms with Crippen LogP contribution in [0.25, 0.3) is 0 Å². The maximum Gasteiger partial charge on any atom is 0.277 e. The molecular formula is C18H21N3O4S. The van der Waals surface area contributed by atoms with Gasteiger partial charge in [-0.1, -0.05) is 30.8 Å². The Morgan fingerprint density at radius 2 is 2.15 bits per heavy atom. The zero-order valence-electron chi connectivity index (χ0n) is 14.6. The van der Waals surface area contributed by atoms with E-state index < -0.39 is 6.10 Å². The van der Waals surface area contributed by atoms with Crippen molar-refractivity contribution in [3.05, 3.63) is 30.2 Å². The van der Waals surface area contributed by atoms with Crippen LogP contribution in [-0.4, -0.2) is 46.5 Å². The van der Waals surface area contributed by atoms with Gasteiger partial charge in [-0.25, -0.2) is 0 Å². The largest absolute Gasteiger partial charge is 0.485 e. The summed E-state index contributed by atoms with van der Waals surface area (Å²) in [6.07, 6.45) is 1.82. The second-order valence-electron chi connectivity index (χ2n) is 6.65. The SMILES string of the molecule is CC1CCCN(C(=O)CSc2nnc(C3COc4ccccc4O3)o2)C1. The summed E-state index contributed by atoms with van der Waals surface area (Å²) >= 11 is 1.27. The third-order valence-corrected chi connectivity index (χ3v) is 5.34. The minimum absolute atomic E-state index is 0.118. The van der Waals surface area contributed by atoms with Gasteiger partial charge in [0.05, 0.1) is 5.75 Å². The average molecular weight is 375 g/mol. The van der Waals surface area contributed by atoms with E-state index in [0.29, 0.717) is 40.9 Å². The number of likely N-dealkylation sites (tertiary alicyclic amines) is 1. The molecule has 26 heavy (non-hydrogen) atoms. The van der Waals surface area contributed by atoms with Gasteiger partial charge in [0.25, 0.3) is 11.1 Å². The molecule has 2 aliphatic rings. The lowest BCUT2D eigenvalue weighted by molar-refractivity contribution is -0.130. The highest BCUT2D eigenvalue weighted by Crippen LogP contribution is 2.36. The van der Waals surface area contributed by atoms with E-state index in [1.54, 1.807) is 0 Å². The van der Waals surface area contributed by atoms with Crippen molar-refractivity contribution in [1.82, 2.24) is 15.1 Å². The van der Waals surface area contributed by atoms with Crippen LogP contribution in [0.15, 0.2) is 33.9 Å². The second-order valence-corrected chi connectivity index (χ2v) is 7.57. The molecule has 0 bridgehead atoms. The third kappa shape index (κ3) is 3.80. The number of carbonyl (C=O) groups excluding carboxylic acids is 1. The zero-order chi connectivity index (χ0) is 17.9. The predicted molar refractivity (Wildman–Crippen MR) is 95.3 cm³/mol. The first-order valence-electron chi connectivity index (χ1n) is 8.81. The minimum Gasteiger partial charge on any atom is -0.485 e. The van der Waals surface area contributed by atoms with Crippen molar-refractivity contribution >= 4 is 17.7 Å². The van der Waals surface area contributed by atoms with Crippen molar-refractivity contribution in [3.63, 3.8) is 0 Å². The molecule has 1 aromatic heterocycles. The fourth-order valence-electron chi connectivity index (χ4n) is 3.18. The number of ether oxygens (including phenoxy) is 2. The molecule has 1 saturated heterocycles.